The number of hydrazine groups is 1. The fourth-order valence-electron chi connectivity index (χ4n) is 1.28. The second kappa shape index (κ2) is 4.42. The highest BCUT2D eigenvalue weighted by molar-refractivity contribution is 9.10. The minimum absolute atomic E-state index is 0.0365. The summed E-state index contributed by atoms with van der Waals surface area (Å²) in [7, 11) is 0. The predicted molar refractivity (Wildman–Crippen MR) is 56.6 cm³/mol. The fourth-order valence-corrected chi connectivity index (χ4v) is 1.37. The van der Waals surface area contributed by atoms with Crippen LogP contribution in [-0.2, 0) is 4.79 Å². The summed E-state index contributed by atoms with van der Waals surface area (Å²) in [5.41, 5.74) is 2.91. The second-order valence-electron chi connectivity index (χ2n) is 3.96. The van der Waals surface area contributed by atoms with Crippen molar-refractivity contribution in [3.63, 3.8) is 0 Å². The molecule has 0 aromatic carbocycles. The quantitative estimate of drug-likeness (QED) is 0.755. The van der Waals surface area contributed by atoms with Crippen LogP contribution in [0.2, 0.25) is 0 Å². The van der Waals surface area contributed by atoms with Gasteiger partial charge in [0.1, 0.15) is 0 Å². The van der Waals surface area contributed by atoms with E-state index >= 15 is 0 Å². The highest BCUT2D eigenvalue weighted by Gasteiger charge is 2.25. The highest BCUT2D eigenvalue weighted by Crippen LogP contribution is 2.16. The highest BCUT2D eigenvalue weighted by atomic mass is 79.9. The molecule has 0 aromatic rings. The average Bonchev–Trinajstić information content (AvgIpc) is 2.04. The van der Waals surface area contributed by atoms with Gasteiger partial charge in [0.15, 0.2) is 0 Å². The first kappa shape index (κ1) is 11.0. The molecule has 1 amide bonds. The molecular weight excluding hydrogens is 232 g/mol. The number of alkyl halides is 1. The summed E-state index contributed by atoms with van der Waals surface area (Å²) >= 11 is 3.33. The molecule has 1 aliphatic rings. The van der Waals surface area contributed by atoms with Crippen LogP contribution in [0.1, 0.15) is 33.1 Å². The fraction of sp³-hybridized carbons (Fsp3) is 0.889. The van der Waals surface area contributed by atoms with Crippen LogP contribution >= 0.6 is 15.9 Å². The normalized spacial score (nSPS) is 19.9. The third-order valence-corrected chi connectivity index (χ3v) is 2.52. The first-order valence-electron chi connectivity index (χ1n) is 4.75. The van der Waals surface area contributed by atoms with Gasteiger partial charge in [0.25, 0.3) is 5.91 Å². The van der Waals surface area contributed by atoms with Crippen LogP contribution in [0.3, 0.4) is 0 Å². The van der Waals surface area contributed by atoms with Crippen molar-refractivity contribution in [3.8, 4) is 0 Å². The molecule has 76 valence electrons. The number of rotatable bonds is 2. The van der Waals surface area contributed by atoms with Gasteiger partial charge in [-0.2, -0.15) is 0 Å². The van der Waals surface area contributed by atoms with Gasteiger partial charge in [-0.1, -0.05) is 22.4 Å². The SMILES string of the molecule is CC(C)(Br)C(=O)NN1CCCCC1. The van der Waals surface area contributed by atoms with Gasteiger partial charge in [-0.3, -0.25) is 10.2 Å². The summed E-state index contributed by atoms with van der Waals surface area (Å²) in [4.78, 5) is 11.5. The number of nitrogens with one attached hydrogen (secondary N) is 1. The Bertz CT molecular complexity index is 183. The Morgan fingerprint density at radius 3 is 2.31 bits per heavy atom. The summed E-state index contributed by atoms with van der Waals surface area (Å²) < 4.78 is -0.468. The molecule has 0 aromatic heterocycles. The van der Waals surface area contributed by atoms with Crippen molar-refractivity contribution in [2.45, 2.75) is 37.4 Å². The average molecular weight is 249 g/mol. The number of halogens is 1. The summed E-state index contributed by atoms with van der Waals surface area (Å²) in [6.07, 6.45) is 3.65. The lowest BCUT2D eigenvalue weighted by molar-refractivity contribution is -0.127. The first-order valence-corrected chi connectivity index (χ1v) is 5.54. The molecule has 4 heteroatoms. The third kappa shape index (κ3) is 3.65. The van der Waals surface area contributed by atoms with E-state index in [1.165, 1.54) is 19.3 Å². The van der Waals surface area contributed by atoms with Gasteiger partial charge >= 0.3 is 0 Å². The van der Waals surface area contributed by atoms with Gasteiger partial charge in [-0.05, 0) is 26.7 Å². The zero-order valence-electron chi connectivity index (χ0n) is 8.27. The van der Waals surface area contributed by atoms with E-state index < -0.39 is 4.32 Å². The van der Waals surface area contributed by atoms with Gasteiger partial charge in [0, 0.05) is 13.1 Å². The van der Waals surface area contributed by atoms with Crippen molar-refractivity contribution < 1.29 is 4.79 Å². The van der Waals surface area contributed by atoms with Crippen LogP contribution < -0.4 is 5.43 Å². The van der Waals surface area contributed by atoms with Crippen molar-refractivity contribution in [1.29, 1.82) is 0 Å². The number of carbonyl (C=O) groups excluding carboxylic acids is 1. The minimum atomic E-state index is -0.468. The van der Waals surface area contributed by atoms with Crippen molar-refractivity contribution in [2.24, 2.45) is 0 Å². The summed E-state index contributed by atoms with van der Waals surface area (Å²) in [5, 5.41) is 2.01. The van der Waals surface area contributed by atoms with Crippen molar-refractivity contribution in [3.05, 3.63) is 0 Å². The summed E-state index contributed by atoms with van der Waals surface area (Å²) in [6.45, 7) is 5.67. The van der Waals surface area contributed by atoms with Gasteiger partial charge in [-0.25, -0.2) is 5.01 Å². The topological polar surface area (TPSA) is 32.3 Å². The Kier molecular flexibility index (Phi) is 3.74. The van der Waals surface area contributed by atoms with Gasteiger partial charge < -0.3 is 0 Å². The molecule has 13 heavy (non-hydrogen) atoms. The maximum Gasteiger partial charge on any atom is 0.250 e. The molecular formula is C9H17BrN2O. The van der Waals surface area contributed by atoms with E-state index in [9.17, 15) is 4.79 Å². The van der Waals surface area contributed by atoms with E-state index in [-0.39, 0.29) is 5.91 Å². The molecule has 0 spiro atoms. The minimum Gasteiger partial charge on any atom is -0.288 e. The second-order valence-corrected chi connectivity index (χ2v) is 5.94. The molecule has 0 unspecified atom stereocenters. The van der Waals surface area contributed by atoms with E-state index in [4.69, 9.17) is 0 Å². The first-order chi connectivity index (χ1) is 6.00. The van der Waals surface area contributed by atoms with Crippen molar-refractivity contribution in [2.75, 3.05) is 13.1 Å². The molecule has 0 aliphatic carbocycles. The summed E-state index contributed by atoms with van der Waals surface area (Å²) in [6, 6.07) is 0. The smallest absolute Gasteiger partial charge is 0.250 e. The standard InChI is InChI=1S/C9H17BrN2O/c1-9(2,10)8(13)11-12-6-4-3-5-7-12/h3-7H2,1-2H3,(H,11,13). The van der Waals surface area contributed by atoms with Crippen LogP contribution in [0, 0.1) is 0 Å². The zero-order valence-corrected chi connectivity index (χ0v) is 9.85. The Hall–Kier alpha value is -0.0900. The van der Waals surface area contributed by atoms with Crippen LogP contribution in [0.15, 0.2) is 0 Å². The number of nitrogens with zero attached hydrogens (tertiary/aromatic N) is 1. The Labute approximate surface area is 88.0 Å². The molecule has 1 rings (SSSR count). The van der Waals surface area contributed by atoms with Gasteiger partial charge in [-0.15, -0.1) is 0 Å². The van der Waals surface area contributed by atoms with E-state index in [0.717, 1.165) is 13.1 Å². The lowest BCUT2D eigenvalue weighted by atomic mass is 10.1. The van der Waals surface area contributed by atoms with E-state index in [1.54, 1.807) is 0 Å². The van der Waals surface area contributed by atoms with Crippen molar-refractivity contribution >= 4 is 21.8 Å². The molecule has 1 N–H and O–H groups in total. The number of amides is 1. The van der Waals surface area contributed by atoms with E-state index in [2.05, 4.69) is 21.4 Å². The molecule has 1 heterocycles. The van der Waals surface area contributed by atoms with Crippen LogP contribution in [0.5, 0.6) is 0 Å². The van der Waals surface area contributed by atoms with Gasteiger partial charge in [0.2, 0.25) is 0 Å². The lowest BCUT2D eigenvalue weighted by Crippen LogP contribution is -2.50. The molecule has 1 saturated heterocycles. The third-order valence-electron chi connectivity index (χ3n) is 2.16. The van der Waals surface area contributed by atoms with Crippen LogP contribution in [-0.4, -0.2) is 28.3 Å². The number of carbonyl (C=O) groups is 1. The Morgan fingerprint density at radius 1 is 1.31 bits per heavy atom. The number of hydrogen-bond acceptors (Lipinski definition) is 2. The Morgan fingerprint density at radius 2 is 1.85 bits per heavy atom. The monoisotopic (exact) mass is 248 g/mol. The predicted octanol–water partition coefficient (Wildman–Crippen LogP) is 1.68. The van der Waals surface area contributed by atoms with Crippen LogP contribution in [0.25, 0.3) is 0 Å². The number of hydrogen-bond donors (Lipinski definition) is 1. The van der Waals surface area contributed by atoms with E-state index in [0.29, 0.717) is 0 Å². The molecule has 0 saturated carbocycles. The molecule has 0 radical (unpaired) electrons. The largest absolute Gasteiger partial charge is 0.288 e. The van der Waals surface area contributed by atoms with E-state index in [1.807, 2.05) is 18.9 Å². The molecule has 3 nitrogen and oxygen atoms in total. The number of piperidine rings is 1. The molecule has 1 fully saturated rings. The molecule has 0 atom stereocenters. The maximum absolute atomic E-state index is 11.5. The zero-order chi connectivity index (χ0) is 9.90. The lowest BCUT2D eigenvalue weighted by Gasteiger charge is -2.29. The maximum atomic E-state index is 11.5. The molecule has 0 bridgehead atoms. The Balaban J connectivity index is 2.35. The molecule has 1 aliphatic heterocycles. The van der Waals surface area contributed by atoms with Gasteiger partial charge in [0.05, 0.1) is 4.32 Å². The van der Waals surface area contributed by atoms with Crippen molar-refractivity contribution in [1.82, 2.24) is 10.4 Å². The summed E-state index contributed by atoms with van der Waals surface area (Å²) in [5.74, 6) is 0.0365. The van der Waals surface area contributed by atoms with Crippen LogP contribution in [0.4, 0.5) is 0 Å².